The van der Waals surface area contributed by atoms with E-state index in [1.165, 1.54) is 12.1 Å². The molecule has 2 N–H and O–H groups in total. The Morgan fingerprint density at radius 2 is 1.95 bits per heavy atom. The number of rotatable bonds is 6. The van der Waals surface area contributed by atoms with Crippen molar-refractivity contribution >= 4 is 5.69 Å². The molecule has 0 aromatic carbocycles. The standard InChI is InChI=1S/C12H17F3N2O2/c1-8(2)7-19-11-9(16)3-4-10(17-11)18-6-5-12(13,14)15/h3-4,8H,5-7,16H2,1-2H3. The van der Waals surface area contributed by atoms with Crippen molar-refractivity contribution in [3.63, 3.8) is 0 Å². The van der Waals surface area contributed by atoms with Crippen LogP contribution in [0.15, 0.2) is 12.1 Å². The van der Waals surface area contributed by atoms with Gasteiger partial charge in [0.2, 0.25) is 11.8 Å². The third-order valence-corrected chi connectivity index (χ3v) is 2.05. The van der Waals surface area contributed by atoms with Gasteiger partial charge in [-0.1, -0.05) is 13.8 Å². The van der Waals surface area contributed by atoms with Crippen LogP contribution in [0, 0.1) is 5.92 Å². The number of hydrogen-bond donors (Lipinski definition) is 1. The maximum absolute atomic E-state index is 12.0. The van der Waals surface area contributed by atoms with Gasteiger partial charge in [-0.2, -0.15) is 18.2 Å². The molecule has 0 bridgehead atoms. The Balaban J connectivity index is 2.57. The van der Waals surface area contributed by atoms with Crippen LogP contribution in [0.1, 0.15) is 20.3 Å². The molecule has 0 aliphatic carbocycles. The van der Waals surface area contributed by atoms with E-state index in [-0.39, 0.29) is 17.7 Å². The summed E-state index contributed by atoms with van der Waals surface area (Å²) in [7, 11) is 0. The van der Waals surface area contributed by atoms with Crippen molar-refractivity contribution in [3.8, 4) is 11.8 Å². The number of nitrogens with zero attached hydrogens (tertiary/aromatic N) is 1. The second-order valence-corrected chi connectivity index (χ2v) is 4.46. The lowest BCUT2D eigenvalue weighted by Crippen LogP contribution is -2.14. The highest BCUT2D eigenvalue weighted by Crippen LogP contribution is 2.24. The summed E-state index contributed by atoms with van der Waals surface area (Å²) >= 11 is 0. The molecule has 0 aliphatic rings. The predicted molar refractivity (Wildman–Crippen MR) is 65.1 cm³/mol. The Kier molecular flexibility index (Phi) is 5.26. The summed E-state index contributed by atoms with van der Waals surface area (Å²) in [5.41, 5.74) is 5.97. The van der Waals surface area contributed by atoms with Crippen molar-refractivity contribution in [3.05, 3.63) is 12.1 Å². The summed E-state index contributed by atoms with van der Waals surface area (Å²) in [6, 6.07) is 2.90. The number of hydrogen-bond acceptors (Lipinski definition) is 4. The first-order chi connectivity index (χ1) is 8.78. The van der Waals surface area contributed by atoms with Gasteiger partial charge < -0.3 is 15.2 Å². The Bertz CT molecular complexity index is 408. The normalized spacial score (nSPS) is 11.7. The van der Waals surface area contributed by atoms with Crippen molar-refractivity contribution < 1.29 is 22.6 Å². The fraction of sp³-hybridized carbons (Fsp3) is 0.583. The molecule has 4 nitrogen and oxygen atoms in total. The monoisotopic (exact) mass is 278 g/mol. The molecule has 19 heavy (non-hydrogen) atoms. The second-order valence-electron chi connectivity index (χ2n) is 4.46. The van der Waals surface area contributed by atoms with Crippen molar-refractivity contribution in [1.82, 2.24) is 4.98 Å². The molecule has 108 valence electrons. The largest absolute Gasteiger partial charge is 0.477 e. The highest BCUT2D eigenvalue weighted by Gasteiger charge is 2.26. The number of halogens is 3. The summed E-state index contributed by atoms with van der Waals surface area (Å²) in [4.78, 5) is 3.93. The van der Waals surface area contributed by atoms with Gasteiger partial charge in [0.25, 0.3) is 0 Å². The van der Waals surface area contributed by atoms with E-state index in [4.69, 9.17) is 15.2 Å². The first kappa shape index (κ1) is 15.4. The molecule has 0 amide bonds. The van der Waals surface area contributed by atoms with Crippen LogP contribution in [0.2, 0.25) is 0 Å². The van der Waals surface area contributed by atoms with Gasteiger partial charge in [-0.05, 0) is 12.0 Å². The Morgan fingerprint density at radius 3 is 2.53 bits per heavy atom. The van der Waals surface area contributed by atoms with Crippen molar-refractivity contribution in [2.24, 2.45) is 5.92 Å². The molecule has 0 radical (unpaired) electrons. The number of anilines is 1. The third-order valence-electron chi connectivity index (χ3n) is 2.05. The molecule has 7 heteroatoms. The number of aromatic nitrogens is 1. The lowest BCUT2D eigenvalue weighted by atomic mass is 10.2. The summed E-state index contributed by atoms with van der Waals surface area (Å²) in [6.07, 6.45) is -5.27. The number of nitrogen functional groups attached to an aromatic ring is 1. The van der Waals surface area contributed by atoms with Gasteiger partial charge in [0.15, 0.2) is 0 Å². The molecule has 1 aromatic heterocycles. The number of pyridine rings is 1. The summed E-state index contributed by atoms with van der Waals surface area (Å²) in [5.74, 6) is 0.534. The van der Waals surface area contributed by atoms with E-state index in [1.807, 2.05) is 13.8 Å². The van der Waals surface area contributed by atoms with E-state index in [0.29, 0.717) is 12.3 Å². The van der Waals surface area contributed by atoms with Gasteiger partial charge in [-0.15, -0.1) is 0 Å². The van der Waals surface area contributed by atoms with Crippen LogP contribution in [-0.4, -0.2) is 24.4 Å². The highest BCUT2D eigenvalue weighted by atomic mass is 19.4. The molecule has 0 unspecified atom stereocenters. The quantitative estimate of drug-likeness (QED) is 0.869. The van der Waals surface area contributed by atoms with E-state index in [1.54, 1.807) is 0 Å². The predicted octanol–water partition coefficient (Wildman–Crippen LogP) is 3.03. The minimum absolute atomic E-state index is 0.0669. The zero-order valence-corrected chi connectivity index (χ0v) is 10.8. The molecule has 1 heterocycles. The molecule has 1 rings (SSSR count). The van der Waals surface area contributed by atoms with E-state index >= 15 is 0 Å². The summed E-state index contributed by atoms with van der Waals surface area (Å²) < 4.78 is 46.2. The lowest BCUT2D eigenvalue weighted by molar-refractivity contribution is -0.139. The van der Waals surface area contributed by atoms with E-state index in [9.17, 15) is 13.2 Å². The van der Waals surface area contributed by atoms with Crippen LogP contribution in [0.4, 0.5) is 18.9 Å². The molecule has 0 fully saturated rings. The average Bonchev–Trinajstić information content (AvgIpc) is 2.27. The first-order valence-electron chi connectivity index (χ1n) is 5.87. The van der Waals surface area contributed by atoms with Crippen LogP contribution in [0.25, 0.3) is 0 Å². The van der Waals surface area contributed by atoms with Gasteiger partial charge in [0, 0.05) is 6.07 Å². The van der Waals surface area contributed by atoms with Crippen molar-refractivity contribution in [1.29, 1.82) is 0 Å². The molecule has 0 saturated heterocycles. The minimum atomic E-state index is -4.25. The zero-order chi connectivity index (χ0) is 14.5. The van der Waals surface area contributed by atoms with Crippen LogP contribution in [0.3, 0.4) is 0 Å². The third kappa shape index (κ3) is 6.17. The van der Waals surface area contributed by atoms with E-state index in [2.05, 4.69) is 4.98 Å². The van der Waals surface area contributed by atoms with Crippen molar-refractivity contribution in [2.45, 2.75) is 26.4 Å². The molecular formula is C12H17F3N2O2. The molecular weight excluding hydrogens is 261 g/mol. The Hall–Kier alpha value is -1.66. The van der Waals surface area contributed by atoms with Gasteiger partial charge in [0.1, 0.15) is 0 Å². The zero-order valence-electron chi connectivity index (χ0n) is 10.8. The molecule has 0 aliphatic heterocycles. The molecule has 1 aromatic rings. The van der Waals surface area contributed by atoms with Gasteiger partial charge in [-0.3, -0.25) is 0 Å². The smallest absolute Gasteiger partial charge is 0.392 e. The first-order valence-corrected chi connectivity index (χ1v) is 5.87. The Morgan fingerprint density at radius 1 is 1.26 bits per heavy atom. The lowest BCUT2D eigenvalue weighted by Gasteiger charge is -2.12. The molecule has 0 spiro atoms. The summed E-state index contributed by atoms with van der Waals surface area (Å²) in [5, 5.41) is 0. The van der Waals surface area contributed by atoms with Crippen molar-refractivity contribution in [2.75, 3.05) is 18.9 Å². The fourth-order valence-corrected chi connectivity index (χ4v) is 1.15. The number of ether oxygens (including phenoxy) is 2. The van der Waals surface area contributed by atoms with E-state index in [0.717, 1.165) is 0 Å². The number of nitrogens with two attached hydrogens (primary N) is 1. The minimum Gasteiger partial charge on any atom is -0.477 e. The average molecular weight is 278 g/mol. The molecule has 0 atom stereocenters. The van der Waals surface area contributed by atoms with Gasteiger partial charge >= 0.3 is 6.18 Å². The topological polar surface area (TPSA) is 57.4 Å². The number of alkyl halides is 3. The Labute approximate surface area is 109 Å². The van der Waals surface area contributed by atoms with Crippen LogP contribution < -0.4 is 15.2 Å². The second kappa shape index (κ2) is 6.49. The van der Waals surface area contributed by atoms with Crippen LogP contribution >= 0.6 is 0 Å². The highest BCUT2D eigenvalue weighted by molar-refractivity contribution is 5.49. The van der Waals surface area contributed by atoms with Gasteiger partial charge in [0.05, 0.1) is 25.3 Å². The fourth-order valence-electron chi connectivity index (χ4n) is 1.15. The van der Waals surface area contributed by atoms with Gasteiger partial charge in [-0.25, -0.2) is 0 Å². The molecule has 0 saturated carbocycles. The summed E-state index contributed by atoms with van der Waals surface area (Å²) in [6.45, 7) is 3.85. The van der Waals surface area contributed by atoms with Crippen LogP contribution in [0.5, 0.6) is 11.8 Å². The maximum Gasteiger partial charge on any atom is 0.392 e. The SMILES string of the molecule is CC(C)COc1nc(OCCC(F)(F)F)ccc1N. The van der Waals surface area contributed by atoms with E-state index < -0.39 is 19.2 Å². The van der Waals surface area contributed by atoms with Crippen LogP contribution in [-0.2, 0) is 0 Å². The maximum atomic E-state index is 12.0.